The highest BCUT2D eigenvalue weighted by Crippen LogP contribution is 2.09. The number of hydrogen-bond donors (Lipinski definition) is 0. The van der Waals surface area contributed by atoms with Crippen molar-refractivity contribution in [3.05, 3.63) is 36.5 Å². The van der Waals surface area contributed by atoms with Crippen molar-refractivity contribution < 1.29 is 4.79 Å². The minimum atomic E-state index is -0.0125. The number of allylic oxidation sites excluding steroid dienone is 6. The maximum Gasteiger partial charge on any atom is 0.166 e. The lowest BCUT2D eigenvalue weighted by molar-refractivity contribution is -0.115. The van der Waals surface area contributed by atoms with Gasteiger partial charge in [0.2, 0.25) is 0 Å². The normalized spacial score (nSPS) is 22.4. The average Bonchev–Trinajstić information content (AvgIpc) is 2.09. The van der Waals surface area contributed by atoms with E-state index in [0.717, 1.165) is 12.8 Å². The Kier molecular flexibility index (Phi) is 3.52. The Bertz CT molecular complexity index is 233. The molecule has 0 aliphatic heterocycles. The Morgan fingerprint density at radius 2 is 2.33 bits per heavy atom. The average molecular weight is 162 g/mol. The van der Waals surface area contributed by atoms with Gasteiger partial charge in [-0.2, -0.15) is 0 Å². The standard InChI is InChI=1S/C11H14O/c1-2-3-4-7-10-8-5-6-9-11(10)12/h4-10H,2-3H2,1H3. The second-order valence-electron chi connectivity index (χ2n) is 2.89. The van der Waals surface area contributed by atoms with Crippen LogP contribution in [0.2, 0.25) is 0 Å². The van der Waals surface area contributed by atoms with Crippen molar-refractivity contribution in [1.82, 2.24) is 0 Å². The molecule has 0 fully saturated rings. The molecular weight excluding hydrogens is 148 g/mol. The largest absolute Gasteiger partial charge is 0.294 e. The van der Waals surface area contributed by atoms with Gasteiger partial charge in [0.15, 0.2) is 5.78 Å². The van der Waals surface area contributed by atoms with E-state index in [1.807, 2.05) is 18.2 Å². The summed E-state index contributed by atoms with van der Waals surface area (Å²) >= 11 is 0. The van der Waals surface area contributed by atoms with Crippen molar-refractivity contribution in [1.29, 1.82) is 0 Å². The number of unbranched alkanes of at least 4 members (excludes halogenated alkanes) is 1. The Morgan fingerprint density at radius 1 is 1.50 bits per heavy atom. The van der Waals surface area contributed by atoms with E-state index in [4.69, 9.17) is 0 Å². The monoisotopic (exact) mass is 162 g/mol. The van der Waals surface area contributed by atoms with Crippen molar-refractivity contribution in [3.8, 4) is 0 Å². The molecule has 1 rings (SSSR count). The lowest BCUT2D eigenvalue weighted by Crippen LogP contribution is -2.08. The van der Waals surface area contributed by atoms with Gasteiger partial charge in [0.05, 0.1) is 5.92 Å². The molecule has 0 radical (unpaired) electrons. The van der Waals surface area contributed by atoms with Gasteiger partial charge < -0.3 is 0 Å². The zero-order valence-corrected chi connectivity index (χ0v) is 7.36. The second kappa shape index (κ2) is 4.70. The van der Waals surface area contributed by atoms with Gasteiger partial charge in [-0.25, -0.2) is 0 Å². The molecule has 1 aliphatic rings. The smallest absolute Gasteiger partial charge is 0.166 e. The van der Waals surface area contributed by atoms with E-state index in [0.29, 0.717) is 0 Å². The van der Waals surface area contributed by atoms with E-state index in [9.17, 15) is 4.79 Å². The predicted molar refractivity (Wildman–Crippen MR) is 50.8 cm³/mol. The molecule has 0 spiro atoms. The third-order valence-corrected chi connectivity index (χ3v) is 1.82. The van der Waals surface area contributed by atoms with Crippen molar-refractivity contribution in [2.75, 3.05) is 0 Å². The Morgan fingerprint density at radius 3 is 3.00 bits per heavy atom. The van der Waals surface area contributed by atoms with Crippen LogP contribution in [-0.4, -0.2) is 5.78 Å². The fourth-order valence-electron chi connectivity index (χ4n) is 1.11. The van der Waals surface area contributed by atoms with E-state index >= 15 is 0 Å². The van der Waals surface area contributed by atoms with Crippen LogP contribution >= 0.6 is 0 Å². The predicted octanol–water partition coefficient (Wildman–Crippen LogP) is 2.65. The molecule has 1 aliphatic carbocycles. The summed E-state index contributed by atoms with van der Waals surface area (Å²) in [6.07, 6.45) is 13.5. The van der Waals surface area contributed by atoms with Gasteiger partial charge in [0, 0.05) is 0 Å². The zero-order valence-electron chi connectivity index (χ0n) is 7.36. The molecule has 0 saturated heterocycles. The molecule has 1 unspecified atom stereocenters. The van der Waals surface area contributed by atoms with Gasteiger partial charge in [-0.05, 0) is 12.5 Å². The van der Waals surface area contributed by atoms with Gasteiger partial charge in [-0.3, -0.25) is 4.79 Å². The third-order valence-electron chi connectivity index (χ3n) is 1.82. The second-order valence-corrected chi connectivity index (χ2v) is 2.89. The quantitative estimate of drug-likeness (QED) is 0.583. The summed E-state index contributed by atoms with van der Waals surface area (Å²) in [5.41, 5.74) is 0. The van der Waals surface area contributed by atoms with Crippen LogP contribution in [0.1, 0.15) is 19.8 Å². The first kappa shape index (κ1) is 8.98. The molecule has 1 atom stereocenters. The van der Waals surface area contributed by atoms with Crippen molar-refractivity contribution in [2.45, 2.75) is 19.8 Å². The fraction of sp³-hybridized carbons (Fsp3) is 0.364. The number of ketones is 1. The molecule has 12 heavy (non-hydrogen) atoms. The summed E-state index contributed by atoms with van der Waals surface area (Å²) in [4.78, 5) is 11.2. The van der Waals surface area contributed by atoms with E-state index in [1.54, 1.807) is 12.2 Å². The summed E-state index contributed by atoms with van der Waals surface area (Å²) in [6.45, 7) is 2.13. The van der Waals surface area contributed by atoms with Crippen LogP contribution in [-0.2, 0) is 4.79 Å². The van der Waals surface area contributed by atoms with Crippen LogP contribution in [0.15, 0.2) is 36.5 Å². The highest BCUT2D eigenvalue weighted by Gasteiger charge is 2.09. The molecule has 0 aromatic heterocycles. The first-order valence-corrected chi connectivity index (χ1v) is 4.40. The van der Waals surface area contributed by atoms with Crippen LogP contribution in [0.3, 0.4) is 0 Å². The highest BCUT2D eigenvalue weighted by atomic mass is 16.1. The summed E-state index contributed by atoms with van der Waals surface area (Å²) < 4.78 is 0. The van der Waals surface area contributed by atoms with Crippen LogP contribution in [0.5, 0.6) is 0 Å². The number of hydrogen-bond acceptors (Lipinski definition) is 1. The molecule has 0 amide bonds. The maximum absolute atomic E-state index is 11.2. The molecular formula is C11H14O. The van der Waals surface area contributed by atoms with Crippen molar-refractivity contribution in [3.63, 3.8) is 0 Å². The van der Waals surface area contributed by atoms with E-state index in [1.165, 1.54) is 0 Å². The molecule has 64 valence electrons. The van der Waals surface area contributed by atoms with E-state index < -0.39 is 0 Å². The molecule has 0 aromatic rings. The topological polar surface area (TPSA) is 17.1 Å². The molecule has 0 N–H and O–H groups in total. The van der Waals surface area contributed by atoms with E-state index in [2.05, 4.69) is 13.0 Å². The minimum Gasteiger partial charge on any atom is -0.294 e. The number of carbonyl (C=O) groups is 1. The SMILES string of the molecule is CCCC=CC1C=CC=CC1=O. The van der Waals surface area contributed by atoms with Crippen molar-refractivity contribution >= 4 is 5.78 Å². The Balaban J connectivity index is 2.47. The molecule has 0 heterocycles. The van der Waals surface area contributed by atoms with Crippen LogP contribution in [0.4, 0.5) is 0 Å². The lowest BCUT2D eigenvalue weighted by atomic mass is 9.98. The van der Waals surface area contributed by atoms with Gasteiger partial charge >= 0.3 is 0 Å². The lowest BCUT2D eigenvalue weighted by Gasteiger charge is -2.05. The van der Waals surface area contributed by atoms with Gasteiger partial charge in [-0.1, -0.05) is 43.7 Å². The fourth-order valence-corrected chi connectivity index (χ4v) is 1.11. The summed E-state index contributed by atoms with van der Waals surface area (Å²) in [6, 6.07) is 0. The molecule has 0 saturated carbocycles. The van der Waals surface area contributed by atoms with Gasteiger partial charge in [0.25, 0.3) is 0 Å². The van der Waals surface area contributed by atoms with Crippen molar-refractivity contribution in [2.24, 2.45) is 5.92 Å². The summed E-state index contributed by atoms with van der Waals surface area (Å²) in [5.74, 6) is 0.173. The minimum absolute atomic E-state index is 0.0125. The Hall–Kier alpha value is -1.11. The molecule has 0 aromatic carbocycles. The first-order valence-electron chi connectivity index (χ1n) is 4.40. The molecule has 0 bridgehead atoms. The van der Waals surface area contributed by atoms with E-state index in [-0.39, 0.29) is 11.7 Å². The van der Waals surface area contributed by atoms with Gasteiger partial charge in [-0.15, -0.1) is 0 Å². The van der Waals surface area contributed by atoms with Gasteiger partial charge in [0.1, 0.15) is 0 Å². The first-order chi connectivity index (χ1) is 5.84. The van der Waals surface area contributed by atoms with Crippen LogP contribution in [0.25, 0.3) is 0 Å². The van der Waals surface area contributed by atoms with Crippen LogP contribution < -0.4 is 0 Å². The third kappa shape index (κ3) is 2.50. The van der Waals surface area contributed by atoms with Crippen LogP contribution in [0, 0.1) is 5.92 Å². The number of rotatable bonds is 3. The zero-order chi connectivity index (χ0) is 8.81. The molecule has 1 nitrogen and oxygen atoms in total. The molecule has 1 heteroatoms. The summed E-state index contributed by atoms with van der Waals surface area (Å²) in [5, 5.41) is 0. The number of carbonyl (C=O) groups excluding carboxylic acids is 1. The highest BCUT2D eigenvalue weighted by molar-refractivity contribution is 5.95. The summed E-state index contributed by atoms with van der Waals surface area (Å²) in [7, 11) is 0. The Labute approximate surface area is 73.5 Å². The maximum atomic E-state index is 11.2.